The van der Waals surface area contributed by atoms with Crippen LogP contribution in [0.3, 0.4) is 0 Å². The molecular formula is C8H13N3O2. The molecule has 0 aliphatic rings. The van der Waals surface area contributed by atoms with E-state index in [2.05, 4.69) is 10.3 Å². The molecule has 0 aliphatic heterocycles. The number of carbonyl (C=O) groups is 1. The number of nitrogens with zero attached hydrogens (tertiary/aromatic N) is 2. The van der Waals surface area contributed by atoms with E-state index in [1.807, 2.05) is 0 Å². The zero-order chi connectivity index (χ0) is 9.84. The van der Waals surface area contributed by atoms with E-state index in [9.17, 15) is 4.79 Å². The minimum atomic E-state index is -0.535. The van der Waals surface area contributed by atoms with Gasteiger partial charge in [-0.05, 0) is 6.92 Å². The van der Waals surface area contributed by atoms with Crippen molar-refractivity contribution in [3.8, 4) is 0 Å². The first-order valence-electron chi connectivity index (χ1n) is 4.04. The van der Waals surface area contributed by atoms with E-state index in [4.69, 9.17) is 5.11 Å². The van der Waals surface area contributed by atoms with Gasteiger partial charge in [-0.2, -0.15) is 0 Å². The standard InChI is InChI=1S/C8H13N3O2/c1-6(12)3-9-8(13)7-4-11(2)5-10-7/h4-6,12H,3H2,1-2H3,(H,9,13). The fourth-order valence-electron chi connectivity index (χ4n) is 0.861. The highest BCUT2D eigenvalue weighted by Crippen LogP contribution is 1.93. The maximum absolute atomic E-state index is 11.3. The Morgan fingerprint density at radius 1 is 1.85 bits per heavy atom. The Kier molecular flexibility index (Phi) is 3.02. The monoisotopic (exact) mass is 183 g/mol. The summed E-state index contributed by atoms with van der Waals surface area (Å²) in [5, 5.41) is 11.5. The molecule has 0 radical (unpaired) electrons. The average molecular weight is 183 g/mol. The molecule has 0 bridgehead atoms. The van der Waals surface area contributed by atoms with Crippen LogP contribution < -0.4 is 5.32 Å². The number of hydrogen-bond donors (Lipinski definition) is 2. The molecule has 5 heteroatoms. The number of aromatic nitrogens is 2. The molecule has 5 nitrogen and oxygen atoms in total. The van der Waals surface area contributed by atoms with Gasteiger partial charge in [0.15, 0.2) is 0 Å². The third-order valence-electron chi connectivity index (χ3n) is 1.50. The summed E-state index contributed by atoms with van der Waals surface area (Å²) in [5.41, 5.74) is 0.364. The third-order valence-corrected chi connectivity index (χ3v) is 1.50. The van der Waals surface area contributed by atoms with Crippen LogP contribution in [0.25, 0.3) is 0 Å². The van der Waals surface area contributed by atoms with Gasteiger partial charge in [0.2, 0.25) is 0 Å². The third kappa shape index (κ3) is 2.87. The summed E-state index contributed by atoms with van der Waals surface area (Å²) >= 11 is 0. The highest BCUT2D eigenvalue weighted by Gasteiger charge is 2.08. The van der Waals surface area contributed by atoms with Gasteiger partial charge in [-0.1, -0.05) is 0 Å². The van der Waals surface area contributed by atoms with E-state index in [0.717, 1.165) is 0 Å². The van der Waals surface area contributed by atoms with Gasteiger partial charge >= 0.3 is 0 Å². The van der Waals surface area contributed by atoms with Gasteiger partial charge in [-0.15, -0.1) is 0 Å². The first kappa shape index (κ1) is 9.73. The molecule has 0 saturated heterocycles. The molecule has 0 aromatic carbocycles. The smallest absolute Gasteiger partial charge is 0.271 e. The number of imidazole rings is 1. The Balaban J connectivity index is 2.49. The fraction of sp³-hybridized carbons (Fsp3) is 0.500. The second-order valence-corrected chi connectivity index (χ2v) is 2.98. The van der Waals surface area contributed by atoms with Crippen LogP contribution in [0.2, 0.25) is 0 Å². The van der Waals surface area contributed by atoms with Crippen molar-refractivity contribution < 1.29 is 9.90 Å². The summed E-state index contributed by atoms with van der Waals surface area (Å²) < 4.78 is 1.69. The molecule has 1 unspecified atom stereocenters. The minimum absolute atomic E-state index is 0.245. The molecule has 1 aromatic heterocycles. The van der Waals surface area contributed by atoms with Crippen LogP contribution >= 0.6 is 0 Å². The number of amides is 1. The van der Waals surface area contributed by atoms with Gasteiger partial charge in [-0.25, -0.2) is 4.98 Å². The van der Waals surface area contributed by atoms with Crippen LogP contribution in [-0.4, -0.2) is 33.2 Å². The largest absolute Gasteiger partial charge is 0.392 e. The summed E-state index contributed by atoms with van der Waals surface area (Å²) in [6.07, 6.45) is 2.64. The number of aliphatic hydroxyl groups excluding tert-OH is 1. The lowest BCUT2D eigenvalue weighted by atomic mass is 10.4. The van der Waals surface area contributed by atoms with Crippen molar-refractivity contribution >= 4 is 5.91 Å². The van der Waals surface area contributed by atoms with Crippen LogP contribution in [0.1, 0.15) is 17.4 Å². The molecule has 2 N–H and O–H groups in total. The fourth-order valence-corrected chi connectivity index (χ4v) is 0.861. The van der Waals surface area contributed by atoms with Crippen LogP contribution in [0, 0.1) is 0 Å². The Morgan fingerprint density at radius 3 is 3.00 bits per heavy atom. The van der Waals surface area contributed by atoms with Gasteiger partial charge in [-0.3, -0.25) is 4.79 Å². The quantitative estimate of drug-likeness (QED) is 0.665. The average Bonchev–Trinajstić information content (AvgIpc) is 2.47. The molecule has 0 fully saturated rings. The lowest BCUT2D eigenvalue weighted by Gasteiger charge is -2.04. The highest BCUT2D eigenvalue weighted by atomic mass is 16.3. The number of hydrogen-bond acceptors (Lipinski definition) is 3. The van der Waals surface area contributed by atoms with Crippen molar-refractivity contribution in [2.75, 3.05) is 6.54 Å². The predicted octanol–water partition coefficient (Wildman–Crippen LogP) is -0.469. The molecule has 0 spiro atoms. The van der Waals surface area contributed by atoms with E-state index in [0.29, 0.717) is 5.69 Å². The molecule has 13 heavy (non-hydrogen) atoms. The Hall–Kier alpha value is -1.36. The second kappa shape index (κ2) is 4.04. The Labute approximate surface area is 76.4 Å². The SMILES string of the molecule is CC(O)CNC(=O)c1cn(C)cn1. The van der Waals surface area contributed by atoms with E-state index in [-0.39, 0.29) is 12.5 Å². The predicted molar refractivity (Wildman–Crippen MR) is 47.2 cm³/mol. The number of rotatable bonds is 3. The molecule has 0 aliphatic carbocycles. The molecule has 1 heterocycles. The van der Waals surface area contributed by atoms with Crippen molar-refractivity contribution in [2.45, 2.75) is 13.0 Å². The summed E-state index contributed by atoms with van der Waals surface area (Å²) in [6, 6.07) is 0. The molecule has 1 atom stereocenters. The number of aliphatic hydroxyl groups is 1. The molecule has 0 saturated carbocycles. The van der Waals surface area contributed by atoms with Gasteiger partial charge < -0.3 is 15.0 Å². The molecule has 72 valence electrons. The van der Waals surface area contributed by atoms with Crippen molar-refractivity contribution in [2.24, 2.45) is 7.05 Å². The maximum Gasteiger partial charge on any atom is 0.271 e. The van der Waals surface area contributed by atoms with Gasteiger partial charge in [0, 0.05) is 19.8 Å². The van der Waals surface area contributed by atoms with Crippen LogP contribution in [0.4, 0.5) is 0 Å². The highest BCUT2D eigenvalue weighted by molar-refractivity contribution is 5.91. The number of carbonyl (C=O) groups excluding carboxylic acids is 1. The van der Waals surface area contributed by atoms with Crippen molar-refractivity contribution in [3.63, 3.8) is 0 Å². The summed E-state index contributed by atoms with van der Waals surface area (Å²) in [7, 11) is 1.79. The molecule has 1 amide bonds. The lowest BCUT2D eigenvalue weighted by molar-refractivity contribution is 0.0919. The lowest BCUT2D eigenvalue weighted by Crippen LogP contribution is -2.30. The van der Waals surface area contributed by atoms with Crippen molar-refractivity contribution in [1.29, 1.82) is 0 Å². The maximum atomic E-state index is 11.3. The van der Waals surface area contributed by atoms with Gasteiger partial charge in [0.25, 0.3) is 5.91 Å². The topological polar surface area (TPSA) is 67.2 Å². The normalized spacial score (nSPS) is 12.5. The van der Waals surface area contributed by atoms with Crippen molar-refractivity contribution in [1.82, 2.24) is 14.9 Å². The first-order chi connectivity index (χ1) is 6.09. The summed E-state index contributed by atoms with van der Waals surface area (Å²) in [5.74, 6) is -0.262. The zero-order valence-corrected chi connectivity index (χ0v) is 7.69. The van der Waals surface area contributed by atoms with Crippen LogP contribution in [-0.2, 0) is 7.05 Å². The second-order valence-electron chi connectivity index (χ2n) is 2.98. The number of aryl methyl sites for hydroxylation is 1. The Bertz CT molecular complexity index is 293. The minimum Gasteiger partial charge on any atom is -0.392 e. The van der Waals surface area contributed by atoms with Crippen molar-refractivity contribution in [3.05, 3.63) is 18.2 Å². The van der Waals surface area contributed by atoms with Crippen LogP contribution in [0.15, 0.2) is 12.5 Å². The zero-order valence-electron chi connectivity index (χ0n) is 7.69. The molecule has 1 rings (SSSR count). The van der Waals surface area contributed by atoms with E-state index in [1.165, 1.54) is 0 Å². The van der Waals surface area contributed by atoms with Gasteiger partial charge in [0.1, 0.15) is 5.69 Å². The van der Waals surface area contributed by atoms with E-state index in [1.54, 1.807) is 31.1 Å². The van der Waals surface area contributed by atoms with Gasteiger partial charge in [0.05, 0.1) is 12.4 Å². The van der Waals surface area contributed by atoms with E-state index >= 15 is 0 Å². The molecule has 1 aromatic rings. The molecular weight excluding hydrogens is 170 g/mol. The summed E-state index contributed by atoms with van der Waals surface area (Å²) in [6.45, 7) is 1.86. The van der Waals surface area contributed by atoms with E-state index < -0.39 is 6.10 Å². The first-order valence-corrected chi connectivity index (χ1v) is 4.04. The Morgan fingerprint density at radius 2 is 2.54 bits per heavy atom. The summed E-state index contributed by atoms with van der Waals surface area (Å²) in [4.78, 5) is 15.1. The van der Waals surface area contributed by atoms with Crippen LogP contribution in [0.5, 0.6) is 0 Å². The number of nitrogens with one attached hydrogen (secondary N) is 1.